The third-order valence-corrected chi connectivity index (χ3v) is 8.23. The van der Waals surface area contributed by atoms with Crippen molar-refractivity contribution < 1.29 is 8.42 Å². The standard InChI is InChI=1S/C20H17N3O3S3/c1-11-2-9-16(28-11)15-10-27-20-17(15)19(24)21-18(22-20)12-3-7-14(8-4-12)29(25,26)23-13-5-6-13/h2-4,7-10,13,23H,5-6H2,1H3,(H,21,22,24). The number of nitrogens with zero attached hydrogens (tertiary/aromatic N) is 1. The van der Waals surface area contributed by atoms with Crippen LogP contribution in [-0.2, 0) is 10.0 Å². The SMILES string of the molecule is Cc1ccc(-c2csc3nc(-c4ccc(S(=O)(=O)NC5CC5)cc4)[nH]c(=O)c23)s1. The van der Waals surface area contributed by atoms with Crippen LogP contribution in [0.1, 0.15) is 17.7 Å². The van der Waals surface area contributed by atoms with E-state index in [1.54, 1.807) is 35.6 Å². The van der Waals surface area contributed by atoms with Crippen LogP contribution in [0.4, 0.5) is 0 Å². The van der Waals surface area contributed by atoms with Gasteiger partial charge in [-0.2, -0.15) is 0 Å². The van der Waals surface area contributed by atoms with E-state index in [9.17, 15) is 13.2 Å². The molecule has 0 amide bonds. The second-order valence-electron chi connectivity index (χ2n) is 7.07. The van der Waals surface area contributed by atoms with Crippen LogP contribution in [0.15, 0.2) is 51.5 Å². The summed E-state index contributed by atoms with van der Waals surface area (Å²) >= 11 is 3.08. The number of aromatic amines is 1. The van der Waals surface area contributed by atoms with Gasteiger partial charge >= 0.3 is 0 Å². The fraction of sp³-hybridized carbons (Fsp3) is 0.200. The molecule has 148 valence electrons. The molecular weight excluding hydrogens is 426 g/mol. The highest BCUT2D eigenvalue weighted by Crippen LogP contribution is 2.35. The summed E-state index contributed by atoms with van der Waals surface area (Å²) < 4.78 is 27.3. The number of hydrogen-bond donors (Lipinski definition) is 2. The van der Waals surface area contributed by atoms with Crippen LogP contribution >= 0.6 is 22.7 Å². The molecule has 9 heteroatoms. The van der Waals surface area contributed by atoms with Crippen LogP contribution in [0.25, 0.3) is 32.0 Å². The molecule has 29 heavy (non-hydrogen) atoms. The summed E-state index contributed by atoms with van der Waals surface area (Å²) in [4.78, 5) is 23.4. The maximum atomic E-state index is 12.8. The van der Waals surface area contributed by atoms with Gasteiger partial charge < -0.3 is 4.98 Å². The van der Waals surface area contributed by atoms with Gasteiger partial charge in [0.05, 0.1) is 10.3 Å². The lowest BCUT2D eigenvalue weighted by atomic mass is 10.2. The Morgan fingerprint density at radius 3 is 2.55 bits per heavy atom. The largest absolute Gasteiger partial charge is 0.306 e. The lowest BCUT2D eigenvalue weighted by molar-refractivity contribution is 0.581. The summed E-state index contributed by atoms with van der Waals surface area (Å²) in [5, 5.41) is 2.55. The fourth-order valence-corrected chi connectivity index (χ4v) is 6.34. The molecule has 4 aromatic rings. The lowest BCUT2D eigenvalue weighted by Gasteiger charge is -2.07. The highest BCUT2D eigenvalue weighted by atomic mass is 32.2. The molecule has 1 saturated carbocycles. The highest BCUT2D eigenvalue weighted by molar-refractivity contribution is 7.89. The van der Waals surface area contributed by atoms with Gasteiger partial charge in [0.2, 0.25) is 10.0 Å². The highest BCUT2D eigenvalue weighted by Gasteiger charge is 2.28. The van der Waals surface area contributed by atoms with E-state index in [1.165, 1.54) is 16.2 Å². The number of rotatable bonds is 5. The molecule has 0 saturated heterocycles. The Kier molecular flexibility index (Phi) is 4.43. The van der Waals surface area contributed by atoms with Gasteiger partial charge in [-0.25, -0.2) is 18.1 Å². The number of thiophene rings is 2. The van der Waals surface area contributed by atoms with Crippen molar-refractivity contribution in [1.29, 1.82) is 0 Å². The normalized spacial score (nSPS) is 14.5. The zero-order valence-corrected chi connectivity index (χ0v) is 17.9. The Labute approximate surface area is 175 Å². The van der Waals surface area contributed by atoms with Crippen molar-refractivity contribution in [2.45, 2.75) is 30.7 Å². The van der Waals surface area contributed by atoms with Gasteiger partial charge in [0.15, 0.2) is 0 Å². The van der Waals surface area contributed by atoms with E-state index >= 15 is 0 Å². The Morgan fingerprint density at radius 2 is 1.90 bits per heavy atom. The van der Waals surface area contributed by atoms with E-state index in [2.05, 4.69) is 14.7 Å². The first-order chi connectivity index (χ1) is 13.9. The molecule has 1 fully saturated rings. The third-order valence-electron chi connectivity index (χ3n) is 4.79. The van der Waals surface area contributed by atoms with Crippen LogP contribution in [0.3, 0.4) is 0 Å². The molecule has 0 atom stereocenters. The number of H-pyrrole nitrogens is 1. The second kappa shape index (κ2) is 6.88. The maximum absolute atomic E-state index is 12.8. The van der Waals surface area contributed by atoms with Crippen molar-refractivity contribution in [1.82, 2.24) is 14.7 Å². The molecule has 0 unspecified atom stereocenters. The molecular formula is C20H17N3O3S3. The third kappa shape index (κ3) is 3.55. The number of aromatic nitrogens is 2. The molecule has 0 radical (unpaired) electrons. The van der Waals surface area contributed by atoms with E-state index in [-0.39, 0.29) is 16.5 Å². The number of nitrogens with one attached hydrogen (secondary N) is 2. The lowest BCUT2D eigenvalue weighted by Crippen LogP contribution is -2.25. The summed E-state index contributed by atoms with van der Waals surface area (Å²) in [5.74, 6) is 0.428. The molecule has 2 N–H and O–H groups in total. The Balaban J connectivity index is 1.51. The van der Waals surface area contributed by atoms with Gasteiger partial charge in [-0.1, -0.05) is 0 Å². The summed E-state index contributed by atoms with van der Waals surface area (Å²) in [6, 6.07) is 10.5. The minimum absolute atomic E-state index is 0.0558. The van der Waals surface area contributed by atoms with E-state index in [1.807, 2.05) is 24.4 Å². The summed E-state index contributed by atoms with van der Waals surface area (Å²) in [6.45, 7) is 2.04. The summed E-state index contributed by atoms with van der Waals surface area (Å²) in [7, 11) is -3.50. The fourth-order valence-electron chi connectivity index (χ4n) is 3.13. The molecule has 1 aliphatic rings. The average molecular weight is 444 g/mol. The predicted octanol–water partition coefficient (Wildman–Crippen LogP) is 4.13. The molecule has 0 aliphatic heterocycles. The topological polar surface area (TPSA) is 91.9 Å². The van der Waals surface area contributed by atoms with Gasteiger partial charge in [-0.15, -0.1) is 22.7 Å². The minimum Gasteiger partial charge on any atom is -0.306 e. The van der Waals surface area contributed by atoms with Gasteiger partial charge in [-0.05, 0) is 56.2 Å². The van der Waals surface area contributed by atoms with Crippen molar-refractivity contribution in [3.63, 3.8) is 0 Å². The first-order valence-electron chi connectivity index (χ1n) is 9.12. The van der Waals surface area contributed by atoms with E-state index in [4.69, 9.17) is 0 Å². The van der Waals surface area contributed by atoms with Crippen molar-refractivity contribution in [3.8, 4) is 21.8 Å². The van der Waals surface area contributed by atoms with Crippen LogP contribution in [0.5, 0.6) is 0 Å². The maximum Gasteiger partial charge on any atom is 0.260 e. The van der Waals surface area contributed by atoms with Crippen LogP contribution < -0.4 is 10.3 Å². The summed E-state index contributed by atoms with van der Waals surface area (Å²) in [6.07, 6.45) is 1.77. The van der Waals surface area contributed by atoms with E-state index < -0.39 is 10.0 Å². The molecule has 3 heterocycles. The number of benzene rings is 1. The van der Waals surface area contributed by atoms with Crippen molar-refractivity contribution in [2.75, 3.05) is 0 Å². The molecule has 3 aromatic heterocycles. The molecule has 0 spiro atoms. The predicted molar refractivity (Wildman–Crippen MR) is 117 cm³/mol. The number of hydrogen-bond acceptors (Lipinski definition) is 6. The summed E-state index contributed by atoms with van der Waals surface area (Å²) in [5.41, 5.74) is 1.37. The Hall–Kier alpha value is -2.33. The molecule has 5 rings (SSSR count). The molecule has 1 aliphatic carbocycles. The number of fused-ring (bicyclic) bond motifs is 1. The van der Waals surface area contributed by atoms with Crippen molar-refractivity contribution in [2.24, 2.45) is 0 Å². The van der Waals surface area contributed by atoms with Crippen LogP contribution in [-0.4, -0.2) is 24.4 Å². The van der Waals surface area contributed by atoms with Crippen LogP contribution in [0.2, 0.25) is 0 Å². The second-order valence-corrected chi connectivity index (χ2v) is 10.9. The average Bonchev–Trinajstić information content (AvgIpc) is 3.21. The minimum atomic E-state index is -3.50. The molecule has 6 nitrogen and oxygen atoms in total. The van der Waals surface area contributed by atoms with Crippen molar-refractivity contribution in [3.05, 3.63) is 57.0 Å². The monoisotopic (exact) mass is 443 g/mol. The number of sulfonamides is 1. The van der Waals surface area contributed by atoms with E-state index in [0.29, 0.717) is 21.6 Å². The molecule has 1 aromatic carbocycles. The first-order valence-corrected chi connectivity index (χ1v) is 12.3. The van der Waals surface area contributed by atoms with Gasteiger partial charge in [-0.3, -0.25) is 4.79 Å². The Bertz CT molecular complexity index is 1380. The number of aryl methyl sites for hydroxylation is 1. The van der Waals surface area contributed by atoms with E-state index in [0.717, 1.165) is 23.3 Å². The molecule has 0 bridgehead atoms. The van der Waals surface area contributed by atoms with Gasteiger partial charge in [0.1, 0.15) is 10.7 Å². The van der Waals surface area contributed by atoms with Crippen molar-refractivity contribution >= 4 is 42.9 Å². The smallest absolute Gasteiger partial charge is 0.260 e. The quantitative estimate of drug-likeness (QED) is 0.485. The Morgan fingerprint density at radius 1 is 1.14 bits per heavy atom. The zero-order chi connectivity index (χ0) is 20.2. The van der Waals surface area contributed by atoms with Gasteiger partial charge in [0, 0.05) is 32.3 Å². The zero-order valence-electron chi connectivity index (χ0n) is 15.4. The first kappa shape index (κ1) is 18.7. The van der Waals surface area contributed by atoms with Crippen LogP contribution in [0, 0.1) is 6.92 Å². The van der Waals surface area contributed by atoms with Gasteiger partial charge in [0.25, 0.3) is 5.56 Å².